The average Bonchev–Trinajstić information content (AvgIpc) is 2.98. The van der Waals surface area contributed by atoms with E-state index in [-0.39, 0.29) is 38.3 Å². The molecule has 8 nitrogen and oxygen atoms in total. The lowest BCUT2D eigenvalue weighted by Gasteiger charge is -2.24. The molecule has 2 aromatic carbocycles. The number of methoxy groups -OCH3 is 2. The van der Waals surface area contributed by atoms with Crippen molar-refractivity contribution in [2.45, 2.75) is 51.5 Å². The van der Waals surface area contributed by atoms with Crippen molar-refractivity contribution in [1.29, 1.82) is 0 Å². The molecular formula is C32H40O8. The van der Waals surface area contributed by atoms with Crippen LogP contribution in [0.4, 0.5) is 0 Å². The summed E-state index contributed by atoms with van der Waals surface area (Å²) in [5, 5.41) is 0. The Morgan fingerprint density at radius 1 is 0.625 bits per heavy atom. The van der Waals surface area contributed by atoms with Gasteiger partial charge in [0.05, 0.1) is 25.4 Å². The molecule has 0 saturated carbocycles. The molecule has 0 aliphatic carbocycles. The lowest BCUT2D eigenvalue weighted by molar-refractivity contribution is -0.159. The van der Waals surface area contributed by atoms with Crippen molar-refractivity contribution in [3.05, 3.63) is 96.1 Å². The van der Waals surface area contributed by atoms with Crippen molar-refractivity contribution >= 4 is 11.9 Å². The van der Waals surface area contributed by atoms with Crippen LogP contribution < -0.4 is 0 Å². The summed E-state index contributed by atoms with van der Waals surface area (Å²) >= 11 is 0. The summed E-state index contributed by atoms with van der Waals surface area (Å²) in [5.74, 6) is -1.44. The molecule has 40 heavy (non-hydrogen) atoms. The molecule has 3 rings (SSSR count). The maximum absolute atomic E-state index is 13.1. The van der Waals surface area contributed by atoms with Gasteiger partial charge in [0.2, 0.25) is 0 Å². The Morgan fingerprint density at radius 3 is 1.35 bits per heavy atom. The zero-order valence-electron chi connectivity index (χ0n) is 23.6. The van der Waals surface area contributed by atoms with Gasteiger partial charge in [0.15, 0.2) is 12.2 Å². The van der Waals surface area contributed by atoms with Gasteiger partial charge in [-0.1, -0.05) is 86.7 Å². The number of cyclic esters (lactones) is 2. The number of ether oxygens (including phenoxy) is 6. The molecule has 0 spiro atoms. The highest BCUT2D eigenvalue weighted by Gasteiger charge is 2.26. The van der Waals surface area contributed by atoms with E-state index in [2.05, 4.69) is 0 Å². The minimum atomic E-state index is -0.935. The molecule has 6 atom stereocenters. The van der Waals surface area contributed by atoms with E-state index in [1.807, 2.05) is 86.7 Å². The number of rotatable bonds is 8. The van der Waals surface area contributed by atoms with Gasteiger partial charge in [-0.2, -0.15) is 0 Å². The van der Waals surface area contributed by atoms with Gasteiger partial charge in [-0.3, -0.25) is 0 Å². The van der Waals surface area contributed by atoms with E-state index in [1.165, 1.54) is 0 Å². The summed E-state index contributed by atoms with van der Waals surface area (Å²) in [6, 6.07) is 19.2. The second kappa shape index (κ2) is 16.7. The number of hydrogen-bond acceptors (Lipinski definition) is 8. The highest BCUT2D eigenvalue weighted by atomic mass is 16.6. The molecule has 1 aliphatic heterocycles. The molecule has 0 saturated heterocycles. The van der Waals surface area contributed by atoms with E-state index < -0.39 is 36.4 Å². The van der Waals surface area contributed by atoms with Crippen LogP contribution in [0.5, 0.6) is 0 Å². The topological polar surface area (TPSA) is 89.5 Å². The van der Waals surface area contributed by atoms with E-state index in [1.54, 1.807) is 26.4 Å². The van der Waals surface area contributed by atoms with Crippen molar-refractivity contribution in [2.24, 2.45) is 11.8 Å². The summed E-state index contributed by atoms with van der Waals surface area (Å²) in [5.41, 5.74) is 1.87. The predicted octanol–water partition coefficient (Wildman–Crippen LogP) is 4.67. The standard InChI is InChI=1S/C32H40O8/c1-23-15-17-27(37-19-25-11-7-5-8-12-25)31(33)40-22-30(36-4)24(2)16-18-28(32(34)39-21-29(23)35-3)38-20-26-13-9-6-10-14-26/h5-18,23-24,27-30H,19-22H2,1-4H3/b17-15+,18-16+/t23-,24-,27-,28-,29-,30-/m0/s1. The third kappa shape index (κ3) is 10.0. The van der Waals surface area contributed by atoms with Crippen molar-refractivity contribution in [1.82, 2.24) is 0 Å². The fourth-order valence-corrected chi connectivity index (χ4v) is 4.09. The van der Waals surface area contributed by atoms with Crippen molar-refractivity contribution in [3.8, 4) is 0 Å². The highest BCUT2D eigenvalue weighted by molar-refractivity contribution is 5.77. The van der Waals surface area contributed by atoms with Gasteiger partial charge >= 0.3 is 11.9 Å². The van der Waals surface area contributed by atoms with Crippen LogP contribution in [0.1, 0.15) is 25.0 Å². The van der Waals surface area contributed by atoms with E-state index in [0.29, 0.717) is 0 Å². The first kappa shape index (κ1) is 31.2. The fraction of sp³-hybridized carbons (Fsp3) is 0.438. The Morgan fingerprint density at radius 2 is 1.00 bits per heavy atom. The maximum Gasteiger partial charge on any atom is 0.339 e. The molecule has 216 valence electrons. The van der Waals surface area contributed by atoms with Gasteiger partial charge in [-0.15, -0.1) is 0 Å². The molecule has 2 aromatic rings. The highest BCUT2D eigenvalue weighted by Crippen LogP contribution is 2.17. The lowest BCUT2D eigenvalue weighted by atomic mass is 10.0. The minimum absolute atomic E-state index is 0.0100. The van der Waals surface area contributed by atoms with Crippen LogP contribution in [0, 0.1) is 11.8 Å². The molecule has 0 radical (unpaired) electrons. The van der Waals surface area contributed by atoms with Gasteiger partial charge in [0, 0.05) is 26.1 Å². The first-order chi connectivity index (χ1) is 19.4. The normalized spacial score (nSPS) is 28.3. The molecule has 0 unspecified atom stereocenters. The molecule has 1 heterocycles. The van der Waals surface area contributed by atoms with Crippen LogP contribution in [0.2, 0.25) is 0 Å². The van der Waals surface area contributed by atoms with Crippen LogP contribution in [0.3, 0.4) is 0 Å². The summed E-state index contributed by atoms with van der Waals surface area (Å²) in [6.45, 7) is 4.32. The summed E-state index contributed by atoms with van der Waals surface area (Å²) in [7, 11) is 3.10. The lowest BCUT2D eigenvalue weighted by Crippen LogP contribution is -2.34. The second-order valence-electron chi connectivity index (χ2n) is 9.73. The molecule has 0 bridgehead atoms. The summed E-state index contributed by atoms with van der Waals surface area (Å²) < 4.78 is 34.3. The first-order valence-electron chi connectivity index (χ1n) is 13.5. The zero-order chi connectivity index (χ0) is 28.7. The van der Waals surface area contributed by atoms with Gasteiger partial charge in [-0.05, 0) is 23.3 Å². The molecular weight excluding hydrogens is 512 g/mol. The van der Waals surface area contributed by atoms with Crippen LogP contribution in [-0.4, -0.2) is 63.8 Å². The molecule has 0 fully saturated rings. The Balaban J connectivity index is 1.79. The number of esters is 2. The van der Waals surface area contributed by atoms with Crippen molar-refractivity contribution < 1.29 is 38.0 Å². The Bertz CT molecular complexity index is 997. The smallest absolute Gasteiger partial charge is 0.339 e. The second-order valence-corrected chi connectivity index (χ2v) is 9.73. The van der Waals surface area contributed by atoms with Crippen LogP contribution in [-0.2, 0) is 51.2 Å². The molecule has 0 N–H and O–H groups in total. The Hall–Kier alpha value is -3.30. The third-order valence-corrected chi connectivity index (χ3v) is 6.75. The average molecular weight is 553 g/mol. The number of carbonyl (C=O) groups excluding carboxylic acids is 2. The maximum atomic E-state index is 13.1. The third-order valence-electron chi connectivity index (χ3n) is 6.75. The van der Waals surface area contributed by atoms with Gasteiger partial charge < -0.3 is 28.4 Å². The predicted molar refractivity (Wildman–Crippen MR) is 150 cm³/mol. The van der Waals surface area contributed by atoms with Crippen molar-refractivity contribution in [2.75, 3.05) is 27.4 Å². The molecule has 0 aromatic heterocycles. The first-order valence-corrected chi connectivity index (χ1v) is 13.5. The van der Waals surface area contributed by atoms with E-state index in [4.69, 9.17) is 28.4 Å². The largest absolute Gasteiger partial charge is 0.461 e. The van der Waals surface area contributed by atoms with Crippen LogP contribution >= 0.6 is 0 Å². The Kier molecular flexibility index (Phi) is 13.1. The SMILES string of the molecule is CO[C@H]1COC(=O)[C@@H](OCc2ccccc2)/C=C/[C@H](C)[C@@H](OC)COC(=O)[C@@H](OCc2ccccc2)/C=C/[C@@H]1C. The minimum Gasteiger partial charge on any atom is -0.461 e. The summed E-state index contributed by atoms with van der Waals surface area (Å²) in [6.07, 6.45) is 4.17. The number of carbonyl (C=O) groups is 2. The van der Waals surface area contributed by atoms with E-state index in [9.17, 15) is 9.59 Å². The van der Waals surface area contributed by atoms with E-state index in [0.717, 1.165) is 11.1 Å². The quantitative estimate of drug-likeness (QED) is 0.345. The summed E-state index contributed by atoms with van der Waals surface area (Å²) in [4.78, 5) is 26.2. The monoisotopic (exact) mass is 552 g/mol. The van der Waals surface area contributed by atoms with Crippen LogP contribution in [0.25, 0.3) is 0 Å². The van der Waals surface area contributed by atoms with Gasteiger partial charge in [0.1, 0.15) is 13.2 Å². The van der Waals surface area contributed by atoms with Gasteiger partial charge in [0.25, 0.3) is 0 Å². The fourth-order valence-electron chi connectivity index (χ4n) is 4.09. The molecule has 1 aliphatic rings. The molecule has 0 amide bonds. The molecule has 8 heteroatoms. The van der Waals surface area contributed by atoms with Gasteiger partial charge in [-0.25, -0.2) is 9.59 Å². The van der Waals surface area contributed by atoms with Crippen LogP contribution in [0.15, 0.2) is 85.0 Å². The zero-order valence-corrected chi connectivity index (χ0v) is 23.6. The van der Waals surface area contributed by atoms with E-state index >= 15 is 0 Å². The Labute approximate surface area is 236 Å². The number of benzene rings is 2. The van der Waals surface area contributed by atoms with Crippen molar-refractivity contribution in [3.63, 3.8) is 0 Å². The number of hydrogen-bond donors (Lipinski definition) is 0.